The van der Waals surface area contributed by atoms with Crippen molar-refractivity contribution >= 4 is 5.97 Å². The molecule has 5 atom stereocenters. The van der Waals surface area contributed by atoms with Gasteiger partial charge in [-0.1, -0.05) is 19.4 Å². The minimum absolute atomic E-state index is 0.0278. The average Bonchev–Trinajstić information content (AvgIpc) is 2.50. The first kappa shape index (κ1) is 11.3. The molecule has 2 heteroatoms. The molecule has 0 N–H and O–H groups in total. The fraction of sp³-hybridized carbons (Fsp3) is 0.800. The molecule has 0 amide bonds. The monoisotopic (exact) mass is 234 g/mol. The van der Waals surface area contributed by atoms with Crippen molar-refractivity contribution in [3.05, 3.63) is 11.6 Å². The molecule has 0 aromatic heterocycles. The van der Waals surface area contributed by atoms with E-state index in [-0.39, 0.29) is 17.5 Å². The molecule has 1 heterocycles. The summed E-state index contributed by atoms with van der Waals surface area (Å²) in [5.41, 5.74) is 1.17. The molecule has 1 aliphatic heterocycles. The maximum atomic E-state index is 12.0. The van der Waals surface area contributed by atoms with E-state index in [4.69, 9.17) is 4.74 Å². The predicted molar refractivity (Wildman–Crippen MR) is 66.4 cm³/mol. The van der Waals surface area contributed by atoms with E-state index in [9.17, 15) is 4.79 Å². The molecule has 0 bridgehead atoms. The van der Waals surface area contributed by atoms with Crippen LogP contribution in [-0.4, -0.2) is 11.6 Å². The van der Waals surface area contributed by atoms with Crippen LogP contribution in [0.3, 0.4) is 0 Å². The number of carbonyl (C=O) groups is 1. The second-order valence-corrected chi connectivity index (χ2v) is 6.36. The molecule has 0 aromatic carbocycles. The smallest absolute Gasteiger partial charge is 0.309 e. The molecule has 0 aromatic rings. The molecule has 2 fully saturated rings. The number of rotatable bonds is 0. The van der Waals surface area contributed by atoms with Gasteiger partial charge >= 0.3 is 5.97 Å². The van der Waals surface area contributed by atoms with Crippen LogP contribution in [0, 0.1) is 23.7 Å². The highest BCUT2D eigenvalue weighted by atomic mass is 16.6. The van der Waals surface area contributed by atoms with E-state index in [1.165, 1.54) is 24.8 Å². The lowest BCUT2D eigenvalue weighted by molar-refractivity contribution is -0.155. The van der Waals surface area contributed by atoms with Crippen LogP contribution in [0.25, 0.3) is 0 Å². The molecule has 1 spiro atoms. The van der Waals surface area contributed by atoms with Gasteiger partial charge in [0.15, 0.2) is 0 Å². The molecule has 1 saturated carbocycles. The molecule has 2 aliphatic carbocycles. The number of allylic oxidation sites excluding steroid dienone is 1. The van der Waals surface area contributed by atoms with Gasteiger partial charge in [-0.25, -0.2) is 0 Å². The summed E-state index contributed by atoms with van der Waals surface area (Å²) < 4.78 is 5.89. The van der Waals surface area contributed by atoms with Crippen LogP contribution in [0.15, 0.2) is 11.6 Å². The van der Waals surface area contributed by atoms with Gasteiger partial charge in [0.25, 0.3) is 0 Å². The van der Waals surface area contributed by atoms with Crippen LogP contribution in [0.2, 0.25) is 0 Å². The Morgan fingerprint density at radius 3 is 2.76 bits per heavy atom. The van der Waals surface area contributed by atoms with Gasteiger partial charge in [0.1, 0.15) is 5.60 Å². The van der Waals surface area contributed by atoms with E-state index in [0.29, 0.717) is 17.8 Å². The highest BCUT2D eigenvalue weighted by Crippen LogP contribution is 2.56. The van der Waals surface area contributed by atoms with Crippen LogP contribution in [0.5, 0.6) is 0 Å². The topological polar surface area (TPSA) is 26.3 Å². The Hall–Kier alpha value is -0.790. The van der Waals surface area contributed by atoms with Crippen molar-refractivity contribution in [3.63, 3.8) is 0 Å². The average molecular weight is 234 g/mol. The van der Waals surface area contributed by atoms with E-state index in [1.54, 1.807) is 0 Å². The summed E-state index contributed by atoms with van der Waals surface area (Å²) in [7, 11) is 0. The zero-order chi connectivity index (χ0) is 12.2. The quantitative estimate of drug-likeness (QED) is 0.475. The largest absolute Gasteiger partial charge is 0.454 e. The van der Waals surface area contributed by atoms with Crippen LogP contribution in [-0.2, 0) is 9.53 Å². The Bertz CT molecular complexity index is 384. The van der Waals surface area contributed by atoms with Crippen molar-refractivity contribution in [3.8, 4) is 0 Å². The molecular formula is C15H22O2. The minimum atomic E-state index is -0.240. The molecule has 3 rings (SSSR count). The molecule has 17 heavy (non-hydrogen) atoms. The molecule has 94 valence electrons. The van der Waals surface area contributed by atoms with Gasteiger partial charge in [-0.05, 0) is 44.6 Å². The van der Waals surface area contributed by atoms with Gasteiger partial charge in [0.2, 0.25) is 0 Å². The van der Waals surface area contributed by atoms with Crippen LogP contribution >= 0.6 is 0 Å². The summed E-state index contributed by atoms with van der Waals surface area (Å²) in [6.07, 6.45) is 7.07. The van der Waals surface area contributed by atoms with E-state index >= 15 is 0 Å². The Kier molecular flexibility index (Phi) is 2.39. The van der Waals surface area contributed by atoms with Crippen molar-refractivity contribution in [1.82, 2.24) is 0 Å². The Labute approximate surface area is 103 Å². The van der Waals surface area contributed by atoms with Gasteiger partial charge < -0.3 is 4.74 Å². The fourth-order valence-electron chi connectivity index (χ4n) is 4.41. The molecular weight excluding hydrogens is 212 g/mol. The Morgan fingerprint density at radius 2 is 2.00 bits per heavy atom. The lowest BCUT2D eigenvalue weighted by atomic mass is 9.58. The number of hydrogen-bond donors (Lipinski definition) is 0. The van der Waals surface area contributed by atoms with Crippen molar-refractivity contribution in [2.75, 3.05) is 0 Å². The minimum Gasteiger partial charge on any atom is -0.454 e. The van der Waals surface area contributed by atoms with Gasteiger partial charge in [-0.3, -0.25) is 4.79 Å². The zero-order valence-corrected chi connectivity index (χ0v) is 11.0. The van der Waals surface area contributed by atoms with Crippen LogP contribution < -0.4 is 0 Å². The first-order valence-electron chi connectivity index (χ1n) is 6.96. The SMILES string of the molecule is CC1=C[C@@]23OC(=O)[C@H](C)[C@@H]2CC[C@@H](C)C3CC1. The highest BCUT2D eigenvalue weighted by molar-refractivity contribution is 5.76. The summed E-state index contributed by atoms with van der Waals surface area (Å²) in [6.45, 7) is 6.55. The molecule has 1 unspecified atom stereocenters. The van der Waals surface area contributed by atoms with Gasteiger partial charge in [-0.2, -0.15) is 0 Å². The summed E-state index contributed by atoms with van der Waals surface area (Å²) >= 11 is 0. The standard InChI is InChI=1S/C15H22O2/c1-9-4-6-12-10(2)5-7-13-11(3)14(16)17-15(12,13)8-9/h8,10-13H,4-7H2,1-3H3/t10-,11-,12?,13+,15+/m1/s1. The van der Waals surface area contributed by atoms with Crippen molar-refractivity contribution in [1.29, 1.82) is 0 Å². The number of ether oxygens (including phenoxy) is 1. The Balaban J connectivity index is 2.07. The van der Waals surface area contributed by atoms with Gasteiger partial charge in [-0.15, -0.1) is 0 Å². The maximum absolute atomic E-state index is 12.0. The van der Waals surface area contributed by atoms with E-state index < -0.39 is 0 Å². The Morgan fingerprint density at radius 1 is 1.24 bits per heavy atom. The van der Waals surface area contributed by atoms with Gasteiger partial charge in [0, 0.05) is 11.8 Å². The molecule has 0 radical (unpaired) electrons. The third-order valence-corrected chi connectivity index (χ3v) is 5.35. The third kappa shape index (κ3) is 1.42. The second-order valence-electron chi connectivity index (χ2n) is 6.36. The molecule has 3 aliphatic rings. The third-order valence-electron chi connectivity index (χ3n) is 5.35. The van der Waals surface area contributed by atoms with E-state index in [2.05, 4.69) is 19.9 Å². The lowest BCUT2D eigenvalue weighted by Crippen LogP contribution is -2.50. The van der Waals surface area contributed by atoms with E-state index in [1.807, 2.05) is 6.92 Å². The van der Waals surface area contributed by atoms with Gasteiger partial charge in [0.05, 0.1) is 5.92 Å². The van der Waals surface area contributed by atoms with E-state index in [0.717, 1.165) is 6.42 Å². The number of esters is 1. The fourth-order valence-corrected chi connectivity index (χ4v) is 4.41. The van der Waals surface area contributed by atoms with Crippen LogP contribution in [0.1, 0.15) is 46.5 Å². The normalized spacial score (nSPS) is 49.1. The summed E-state index contributed by atoms with van der Waals surface area (Å²) in [4.78, 5) is 12.0. The zero-order valence-electron chi connectivity index (χ0n) is 11.0. The van der Waals surface area contributed by atoms with Crippen LogP contribution in [0.4, 0.5) is 0 Å². The first-order chi connectivity index (χ1) is 8.04. The van der Waals surface area contributed by atoms with Crippen molar-refractivity contribution in [2.45, 2.75) is 52.1 Å². The molecule has 2 nitrogen and oxygen atoms in total. The molecule has 1 saturated heterocycles. The lowest BCUT2D eigenvalue weighted by Gasteiger charge is -2.48. The second kappa shape index (κ2) is 3.60. The maximum Gasteiger partial charge on any atom is 0.309 e. The predicted octanol–water partition coefficient (Wildman–Crippen LogP) is 3.32. The number of carbonyl (C=O) groups excluding carboxylic acids is 1. The first-order valence-corrected chi connectivity index (χ1v) is 6.96. The number of hydrogen-bond acceptors (Lipinski definition) is 2. The summed E-state index contributed by atoms with van der Waals surface area (Å²) in [6, 6.07) is 0. The highest BCUT2D eigenvalue weighted by Gasteiger charge is 2.60. The summed E-state index contributed by atoms with van der Waals surface area (Å²) in [5, 5.41) is 0. The summed E-state index contributed by atoms with van der Waals surface area (Å²) in [5.74, 6) is 1.78. The van der Waals surface area contributed by atoms with Crippen molar-refractivity contribution < 1.29 is 9.53 Å². The van der Waals surface area contributed by atoms with Crippen molar-refractivity contribution in [2.24, 2.45) is 23.7 Å².